The lowest BCUT2D eigenvalue weighted by molar-refractivity contribution is 0.0691. The summed E-state index contributed by atoms with van der Waals surface area (Å²) < 4.78 is 0.590. The van der Waals surface area contributed by atoms with Crippen LogP contribution >= 0.6 is 22.9 Å². The van der Waals surface area contributed by atoms with Crippen LogP contribution in [0.15, 0.2) is 24.5 Å². The van der Waals surface area contributed by atoms with Crippen LogP contribution in [0.1, 0.15) is 10.5 Å². The third-order valence-corrected chi connectivity index (χ3v) is 2.95. The molecule has 0 aliphatic carbocycles. The molecule has 0 saturated carbocycles. The summed E-state index contributed by atoms with van der Waals surface area (Å²) in [6.07, 6.45) is 2.80. The summed E-state index contributed by atoms with van der Waals surface area (Å²) in [4.78, 5) is 19.3. The topological polar surface area (TPSA) is 63.1 Å². The predicted molar refractivity (Wildman–Crippen MR) is 57.3 cm³/mol. The summed E-state index contributed by atoms with van der Waals surface area (Å²) in [5.74, 6) is -1.09. The van der Waals surface area contributed by atoms with E-state index in [-0.39, 0.29) is 5.69 Å². The average molecular weight is 241 g/mol. The van der Waals surface area contributed by atoms with E-state index in [1.165, 1.54) is 23.7 Å². The molecule has 0 saturated heterocycles. The van der Waals surface area contributed by atoms with Crippen molar-refractivity contribution >= 4 is 28.9 Å². The highest BCUT2D eigenvalue weighted by Crippen LogP contribution is 2.30. The minimum atomic E-state index is -1.09. The zero-order valence-electron chi connectivity index (χ0n) is 7.35. The van der Waals surface area contributed by atoms with Gasteiger partial charge in [0.25, 0.3) is 0 Å². The van der Waals surface area contributed by atoms with Gasteiger partial charge in [-0.05, 0) is 12.1 Å². The van der Waals surface area contributed by atoms with E-state index in [9.17, 15) is 4.79 Å². The van der Waals surface area contributed by atoms with Crippen LogP contribution in [0.2, 0.25) is 4.34 Å². The Morgan fingerprint density at radius 2 is 2.07 bits per heavy atom. The lowest BCUT2D eigenvalue weighted by Crippen LogP contribution is -2.03. The quantitative estimate of drug-likeness (QED) is 0.876. The number of rotatable bonds is 2. The van der Waals surface area contributed by atoms with Crippen molar-refractivity contribution in [1.82, 2.24) is 9.97 Å². The van der Waals surface area contributed by atoms with Crippen LogP contribution in [0.3, 0.4) is 0 Å². The SMILES string of the molecule is O=C(O)c1nccnc1-c1ccc(Cl)s1. The first-order valence-corrected chi connectivity index (χ1v) is 5.18. The van der Waals surface area contributed by atoms with Crippen molar-refractivity contribution in [3.8, 4) is 10.6 Å². The molecule has 1 N–H and O–H groups in total. The Morgan fingerprint density at radius 1 is 1.33 bits per heavy atom. The normalized spacial score (nSPS) is 10.2. The Kier molecular flexibility index (Phi) is 2.66. The third kappa shape index (κ3) is 1.98. The molecule has 2 heterocycles. The van der Waals surface area contributed by atoms with Crippen LogP contribution in [0, 0.1) is 0 Å². The van der Waals surface area contributed by atoms with Crippen LogP contribution in [-0.2, 0) is 0 Å². The summed E-state index contributed by atoms with van der Waals surface area (Å²) in [5.41, 5.74) is 0.290. The van der Waals surface area contributed by atoms with Crippen LogP contribution in [0.25, 0.3) is 10.6 Å². The second kappa shape index (κ2) is 3.96. The van der Waals surface area contributed by atoms with Crippen LogP contribution < -0.4 is 0 Å². The first-order chi connectivity index (χ1) is 7.18. The molecule has 0 amide bonds. The Morgan fingerprint density at radius 3 is 2.67 bits per heavy atom. The molecule has 0 bridgehead atoms. The molecule has 2 rings (SSSR count). The Bertz CT molecular complexity index is 512. The lowest BCUT2D eigenvalue weighted by Gasteiger charge is -1.99. The summed E-state index contributed by atoms with van der Waals surface area (Å²) in [6, 6.07) is 3.42. The first kappa shape index (κ1) is 10.1. The summed E-state index contributed by atoms with van der Waals surface area (Å²) in [5, 5.41) is 8.90. The molecule has 0 fully saturated rings. The molecule has 76 valence electrons. The van der Waals surface area contributed by atoms with Gasteiger partial charge in [0.05, 0.1) is 9.21 Å². The van der Waals surface area contributed by atoms with E-state index in [1.807, 2.05) is 0 Å². The van der Waals surface area contributed by atoms with E-state index >= 15 is 0 Å². The molecule has 6 heteroatoms. The molecule has 0 aliphatic rings. The van der Waals surface area contributed by atoms with E-state index in [4.69, 9.17) is 16.7 Å². The van der Waals surface area contributed by atoms with Gasteiger partial charge >= 0.3 is 5.97 Å². The molecule has 0 aliphatic heterocycles. The number of aromatic nitrogens is 2. The van der Waals surface area contributed by atoms with Gasteiger partial charge in [-0.25, -0.2) is 9.78 Å². The number of halogens is 1. The maximum Gasteiger partial charge on any atom is 0.356 e. The van der Waals surface area contributed by atoms with Gasteiger partial charge in [-0.15, -0.1) is 11.3 Å². The second-order valence-electron chi connectivity index (χ2n) is 2.66. The fourth-order valence-electron chi connectivity index (χ4n) is 1.12. The standard InChI is InChI=1S/C9H5ClN2O2S/c10-6-2-1-5(15-6)7-8(9(13)14)12-4-3-11-7/h1-4H,(H,13,14). The summed E-state index contributed by atoms with van der Waals surface area (Å²) >= 11 is 7.04. The zero-order valence-corrected chi connectivity index (χ0v) is 8.92. The molecule has 0 spiro atoms. The van der Waals surface area contributed by atoms with Gasteiger partial charge in [0.2, 0.25) is 0 Å². The highest BCUT2D eigenvalue weighted by Gasteiger charge is 2.15. The van der Waals surface area contributed by atoms with Crippen LogP contribution in [0.4, 0.5) is 0 Å². The van der Waals surface area contributed by atoms with Crippen molar-refractivity contribution in [2.24, 2.45) is 0 Å². The average Bonchev–Trinajstić information content (AvgIpc) is 2.65. The lowest BCUT2D eigenvalue weighted by atomic mass is 10.2. The number of carbonyl (C=O) groups is 1. The molecule has 0 aromatic carbocycles. The fourth-order valence-corrected chi connectivity index (χ4v) is 2.16. The van der Waals surface area contributed by atoms with Gasteiger partial charge in [-0.1, -0.05) is 11.6 Å². The van der Waals surface area contributed by atoms with Gasteiger partial charge in [-0.3, -0.25) is 4.98 Å². The van der Waals surface area contributed by atoms with Crippen LogP contribution in [-0.4, -0.2) is 21.0 Å². The van der Waals surface area contributed by atoms with E-state index in [1.54, 1.807) is 12.1 Å². The number of hydrogen-bond acceptors (Lipinski definition) is 4. The van der Waals surface area contributed by atoms with Crippen molar-refractivity contribution < 1.29 is 9.90 Å². The number of carboxylic acid groups (broad SMARTS) is 1. The molecule has 0 atom stereocenters. The molecular weight excluding hydrogens is 236 g/mol. The largest absolute Gasteiger partial charge is 0.476 e. The highest BCUT2D eigenvalue weighted by atomic mass is 35.5. The number of aromatic carboxylic acids is 1. The van der Waals surface area contributed by atoms with Crippen molar-refractivity contribution in [2.75, 3.05) is 0 Å². The van der Waals surface area contributed by atoms with E-state index in [0.29, 0.717) is 14.9 Å². The number of thiophene rings is 1. The summed E-state index contributed by atoms with van der Waals surface area (Å²) in [6.45, 7) is 0. The second-order valence-corrected chi connectivity index (χ2v) is 4.38. The highest BCUT2D eigenvalue weighted by molar-refractivity contribution is 7.19. The monoisotopic (exact) mass is 240 g/mol. The van der Waals surface area contributed by atoms with Gasteiger partial charge in [0.1, 0.15) is 5.69 Å². The summed E-state index contributed by atoms with van der Waals surface area (Å²) in [7, 11) is 0. The molecule has 2 aromatic rings. The minimum absolute atomic E-state index is 0.0592. The van der Waals surface area contributed by atoms with Gasteiger partial charge in [-0.2, -0.15) is 0 Å². The predicted octanol–water partition coefficient (Wildman–Crippen LogP) is 2.56. The Hall–Kier alpha value is -1.46. The number of carboxylic acids is 1. The van der Waals surface area contributed by atoms with Gasteiger partial charge in [0, 0.05) is 12.4 Å². The van der Waals surface area contributed by atoms with E-state index < -0.39 is 5.97 Å². The maximum atomic E-state index is 10.9. The Balaban J connectivity index is 2.57. The first-order valence-electron chi connectivity index (χ1n) is 3.98. The fraction of sp³-hybridized carbons (Fsp3) is 0. The Labute approximate surface area is 94.2 Å². The van der Waals surface area contributed by atoms with Gasteiger partial charge in [0.15, 0.2) is 5.69 Å². The van der Waals surface area contributed by atoms with Crippen molar-refractivity contribution in [3.63, 3.8) is 0 Å². The molecule has 0 unspecified atom stereocenters. The number of nitrogens with zero attached hydrogens (tertiary/aromatic N) is 2. The van der Waals surface area contributed by atoms with Crippen molar-refractivity contribution in [3.05, 3.63) is 34.6 Å². The molecule has 15 heavy (non-hydrogen) atoms. The van der Waals surface area contributed by atoms with Crippen molar-refractivity contribution in [1.29, 1.82) is 0 Å². The van der Waals surface area contributed by atoms with Crippen molar-refractivity contribution in [2.45, 2.75) is 0 Å². The minimum Gasteiger partial charge on any atom is -0.476 e. The molecule has 0 radical (unpaired) electrons. The smallest absolute Gasteiger partial charge is 0.356 e. The van der Waals surface area contributed by atoms with Crippen LogP contribution in [0.5, 0.6) is 0 Å². The molecular formula is C9H5ClN2O2S. The van der Waals surface area contributed by atoms with Gasteiger partial charge < -0.3 is 5.11 Å². The van der Waals surface area contributed by atoms with E-state index in [0.717, 1.165) is 0 Å². The number of hydrogen-bond donors (Lipinski definition) is 1. The third-order valence-electron chi connectivity index (χ3n) is 1.71. The zero-order chi connectivity index (χ0) is 10.8. The molecule has 2 aromatic heterocycles. The molecule has 4 nitrogen and oxygen atoms in total. The maximum absolute atomic E-state index is 10.9. The van der Waals surface area contributed by atoms with E-state index in [2.05, 4.69) is 9.97 Å².